The van der Waals surface area contributed by atoms with E-state index in [1.54, 1.807) is 0 Å². The zero-order valence-corrected chi connectivity index (χ0v) is 20.5. The summed E-state index contributed by atoms with van der Waals surface area (Å²) in [5.41, 5.74) is 1.94. The zero-order valence-electron chi connectivity index (χ0n) is 20.5. The van der Waals surface area contributed by atoms with Gasteiger partial charge in [0.25, 0.3) is 0 Å². The van der Waals surface area contributed by atoms with Crippen molar-refractivity contribution in [2.75, 3.05) is 0 Å². The van der Waals surface area contributed by atoms with Crippen molar-refractivity contribution in [3.63, 3.8) is 0 Å². The molecular weight excluding hydrogens is 368 g/mol. The van der Waals surface area contributed by atoms with Gasteiger partial charge in [-0.2, -0.15) is 0 Å². The van der Waals surface area contributed by atoms with E-state index in [-0.39, 0.29) is 11.9 Å². The van der Waals surface area contributed by atoms with Gasteiger partial charge in [-0.25, -0.2) is 0 Å². The normalized spacial score (nSPS) is 25.6. The Balaban J connectivity index is 1.61. The first-order valence-electron chi connectivity index (χ1n) is 12.6. The first-order valence-corrected chi connectivity index (χ1v) is 12.6. The molecular formula is C28H46O2. The summed E-state index contributed by atoms with van der Waals surface area (Å²) in [6, 6.07) is 8.85. The van der Waals surface area contributed by atoms with E-state index in [0.717, 1.165) is 18.1 Å². The van der Waals surface area contributed by atoms with Crippen molar-refractivity contribution in [3.8, 4) is 5.75 Å². The maximum absolute atomic E-state index is 6.70. The topological polar surface area (TPSA) is 18.5 Å². The van der Waals surface area contributed by atoms with Crippen LogP contribution in [0.15, 0.2) is 24.3 Å². The maximum Gasteiger partial charge on any atom is 0.200 e. The molecule has 0 heterocycles. The molecule has 3 aliphatic carbocycles. The highest BCUT2D eigenvalue weighted by atomic mass is 16.7. The van der Waals surface area contributed by atoms with Crippen LogP contribution in [0.25, 0.3) is 0 Å². The van der Waals surface area contributed by atoms with E-state index in [4.69, 9.17) is 9.47 Å². The SMILES string of the molecule is CCC(c1ccc(OC(CCCCC(C)(C)C)OC23CCCC(C2)C3)cc1)C(C)C. The quantitative estimate of drug-likeness (QED) is 0.267. The number of unbranched alkanes of at least 4 members (excludes halogenated alkanes) is 1. The van der Waals surface area contributed by atoms with Crippen molar-refractivity contribution in [3.05, 3.63) is 29.8 Å². The van der Waals surface area contributed by atoms with E-state index in [0.29, 0.717) is 17.3 Å². The molecule has 0 radical (unpaired) electrons. The maximum atomic E-state index is 6.70. The molecule has 2 unspecified atom stereocenters. The second kappa shape index (κ2) is 10.1. The third-order valence-electron chi connectivity index (χ3n) is 7.38. The van der Waals surface area contributed by atoms with E-state index in [1.807, 2.05) is 0 Å². The molecule has 0 N–H and O–H groups in total. The van der Waals surface area contributed by atoms with Crippen LogP contribution >= 0.6 is 0 Å². The van der Waals surface area contributed by atoms with Crippen molar-refractivity contribution in [2.24, 2.45) is 17.3 Å². The highest BCUT2D eigenvalue weighted by Crippen LogP contribution is 2.52. The first-order chi connectivity index (χ1) is 14.2. The summed E-state index contributed by atoms with van der Waals surface area (Å²) in [6.07, 6.45) is 12.2. The van der Waals surface area contributed by atoms with Crippen LogP contribution in [0.3, 0.4) is 0 Å². The Morgan fingerprint density at radius 2 is 1.77 bits per heavy atom. The monoisotopic (exact) mass is 414 g/mol. The fourth-order valence-corrected chi connectivity index (χ4v) is 5.69. The van der Waals surface area contributed by atoms with Crippen molar-refractivity contribution >= 4 is 0 Å². The van der Waals surface area contributed by atoms with Gasteiger partial charge in [-0.1, -0.05) is 72.9 Å². The van der Waals surface area contributed by atoms with Gasteiger partial charge in [0.15, 0.2) is 6.29 Å². The second-order valence-corrected chi connectivity index (χ2v) is 11.6. The number of fused-ring (bicyclic) bond motifs is 2. The van der Waals surface area contributed by atoms with Crippen LogP contribution < -0.4 is 4.74 Å². The van der Waals surface area contributed by atoms with Gasteiger partial charge < -0.3 is 9.47 Å². The lowest BCUT2D eigenvalue weighted by Gasteiger charge is -2.53. The minimum absolute atomic E-state index is 0.109. The third kappa shape index (κ3) is 6.49. The van der Waals surface area contributed by atoms with Gasteiger partial charge >= 0.3 is 0 Å². The van der Waals surface area contributed by atoms with E-state index in [2.05, 4.69) is 65.8 Å². The lowest BCUT2D eigenvalue weighted by atomic mass is 9.61. The van der Waals surface area contributed by atoms with Gasteiger partial charge in [0, 0.05) is 6.42 Å². The molecule has 2 nitrogen and oxygen atoms in total. The van der Waals surface area contributed by atoms with E-state index in [1.165, 1.54) is 63.4 Å². The van der Waals surface area contributed by atoms with Crippen molar-refractivity contribution < 1.29 is 9.47 Å². The molecule has 170 valence electrons. The number of hydrogen-bond donors (Lipinski definition) is 0. The van der Waals surface area contributed by atoms with Gasteiger partial charge in [0.1, 0.15) is 5.75 Å². The molecule has 0 aromatic heterocycles. The summed E-state index contributed by atoms with van der Waals surface area (Å²) in [4.78, 5) is 0. The molecule has 0 amide bonds. The van der Waals surface area contributed by atoms with Crippen molar-refractivity contribution in [1.29, 1.82) is 0 Å². The number of benzene rings is 1. The Bertz CT molecular complexity index is 628. The van der Waals surface area contributed by atoms with E-state index < -0.39 is 0 Å². The molecule has 0 aliphatic heterocycles. The lowest BCUT2D eigenvalue weighted by molar-refractivity contribution is -0.236. The van der Waals surface area contributed by atoms with Crippen LogP contribution in [-0.2, 0) is 4.74 Å². The summed E-state index contributed by atoms with van der Waals surface area (Å²) in [7, 11) is 0. The molecule has 2 heteroatoms. The van der Waals surface area contributed by atoms with Gasteiger partial charge in [-0.3, -0.25) is 0 Å². The first kappa shape index (κ1) is 23.6. The van der Waals surface area contributed by atoms with Crippen LogP contribution in [-0.4, -0.2) is 11.9 Å². The van der Waals surface area contributed by atoms with Gasteiger partial charge in [-0.05, 0) is 79.4 Å². The molecule has 1 aromatic rings. The standard InChI is InChI=1S/C28H46O2/c1-7-25(21(2)3)23-13-15-24(16-14-23)29-26(12-8-9-17-27(4,5)6)30-28-18-10-11-22(19-28)20-28/h13-16,21-22,25-26H,7-12,17-20H2,1-6H3. The van der Waals surface area contributed by atoms with Gasteiger partial charge in [-0.15, -0.1) is 0 Å². The van der Waals surface area contributed by atoms with Crippen molar-refractivity contribution in [2.45, 2.75) is 124 Å². The van der Waals surface area contributed by atoms with Gasteiger partial charge in [0.2, 0.25) is 0 Å². The summed E-state index contributed by atoms with van der Waals surface area (Å²) in [5, 5.41) is 0. The Hall–Kier alpha value is -1.02. The molecule has 3 saturated carbocycles. The second-order valence-electron chi connectivity index (χ2n) is 11.6. The highest BCUT2D eigenvalue weighted by Gasteiger charge is 2.49. The molecule has 1 aromatic carbocycles. The van der Waals surface area contributed by atoms with Crippen LogP contribution in [0.4, 0.5) is 0 Å². The Labute approximate surface area is 186 Å². The van der Waals surface area contributed by atoms with Crippen LogP contribution in [0.2, 0.25) is 0 Å². The fourth-order valence-electron chi connectivity index (χ4n) is 5.69. The summed E-state index contributed by atoms with van der Waals surface area (Å²) < 4.78 is 13.1. The predicted molar refractivity (Wildman–Crippen MR) is 127 cm³/mol. The van der Waals surface area contributed by atoms with Crippen LogP contribution in [0, 0.1) is 17.3 Å². The van der Waals surface area contributed by atoms with Gasteiger partial charge in [0.05, 0.1) is 5.60 Å². The molecule has 3 fully saturated rings. The Kier molecular flexibility index (Phi) is 7.93. The molecule has 30 heavy (non-hydrogen) atoms. The smallest absolute Gasteiger partial charge is 0.200 e. The number of hydrogen-bond acceptors (Lipinski definition) is 2. The van der Waals surface area contributed by atoms with Crippen LogP contribution in [0.5, 0.6) is 5.75 Å². The fraction of sp³-hybridized carbons (Fsp3) is 0.786. The molecule has 3 aliphatic rings. The number of rotatable bonds is 11. The highest BCUT2D eigenvalue weighted by molar-refractivity contribution is 5.29. The Morgan fingerprint density at radius 1 is 1.07 bits per heavy atom. The number of ether oxygens (including phenoxy) is 2. The molecule has 2 bridgehead atoms. The minimum Gasteiger partial charge on any atom is -0.465 e. The lowest BCUT2D eigenvalue weighted by Crippen LogP contribution is -2.52. The minimum atomic E-state index is -0.109. The van der Waals surface area contributed by atoms with E-state index >= 15 is 0 Å². The average molecular weight is 415 g/mol. The molecule has 0 saturated heterocycles. The summed E-state index contributed by atoms with van der Waals surface area (Å²) >= 11 is 0. The third-order valence-corrected chi connectivity index (χ3v) is 7.38. The Morgan fingerprint density at radius 3 is 2.30 bits per heavy atom. The van der Waals surface area contributed by atoms with Crippen LogP contribution in [0.1, 0.15) is 117 Å². The average Bonchev–Trinajstić information content (AvgIpc) is 2.66. The summed E-state index contributed by atoms with van der Waals surface area (Å²) in [5.74, 6) is 3.15. The molecule has 2 atom stereocenters. The largest absolute Gasteiger partial charge is 0.465 e. The van der Waals surface area contributed by atoms with Crippen molar-refractivity contribution in [1.82, 2.24) is 0 Å². The molecule has 0 spiro atoms. The predicted octanol–water partition coefficient (Wildman–Crippen LogP) is 8.50. The molecule has 4 rings (SSSR count). The van der Waals surface area contributed by atoms with E-state index in [9.17, 15) is 0 Å². The summed E-state index contributed by atoms with van der Waals surface area (Å²) in [6.45, 7) is 13.9. The zero-order chi connectivity index (χ0) is 21.8.